The van der Waals surface area contributed by atoms with Gasteiger partial charge in [-0.3, -0.25) is 9.52 Å². The van der Waals surface area contributed by atoms with Crippen LogP contribution in [0.1, 0.15) is 23.0 Å². The average molecular weight is 346 g/mol. The monoisotopic (exact) mass is 346 g/mol. The van der Waals surface area contributed by atoms with E-state index in [0.717, 1.165) is 0 Å². The van der Waals surface area contributed by atoms with Gasteiger partial charge >= 0.3 is 0 Å². The Morgan fingerprint density at radius 3 is 2.38 bits per heavy atom. The number of nitrogens with zero attached hydrogens (tertiary/aromatic N) is 1. The fourth-order valence-electron chi connectivity index (χ4n) is 2.06. The Morgan fingerprint density at radius 1 is 1.08 bits per heavy atom. The Balaban J connectivity index is 1.83. The molecule has 1 N–H and O–H groups in total. The van der Waals surface area contributed by atoms with Gasteiger partial charge in [0.15, 0.2) is 11.5 Å². The molecule has 2 heterocycles. The van der Waals surface area contributed by atoms with Crippen LogP contribution in [0.5, 0.6) is 0 Å². The van der Waals surface area contributed by atoms with Gasteiger partial charge in [0, 0.05) is 17.3 Å². The van der Waals surface area contributed by atoms with E-state index in [-0.39, 0.29) is 16.6 Å². The number of aromatic nitrogens is 1. The zero-order chi connectivity index (χ0) is 17.3. The second kappa shape index (κ2) is 5.97. The summed E-state index contributed by atoms with van der Waals surface area (Å²) in [5, 5.41) is 3.48. The number of Topliss-reactive ketones (excluding diaryl/α,β-unsaturated/α-hetero) is 1. The summed E-state index contributed by atoms with van der Waals surface area (Å²) < 4.78 is 37.5. The van der Waals surface area contributed by atoms with Crippen molar-refractivity contribution < 1.29 is 22.2 Å². The molecule has 0 atom stereocenters. The van der Waals surface area contributed by atoms with Gasteiger partial charge < -0.3 is 8.94 Å². The predicted molar refractivity (Wildman–Crippen MR) is 86.2 cm³/mol. The molecule has 7 nitrogen and oxygen atoms in total. The number of nitrogens with one attached hydrogen (secondary N) is 1. The summed E-state index contributed by atoms with van der Waals surface area (Å²) in [6.45, 7) is 3.19. The van der Waals surface area contributed by atoms with Gasteiger partial charge in [-0.05, 0) is 50.2 Å². The highest BCUT2D eigenvalue weighted by Crippen LogP contribution is 2.26. The van der Waals surface area contributed by atoms with Crippen LogP contribution in [-0.2, 0) is 10.0 Å². The van der Waals surface area contributed by atoms with Crippen LogP contribution in [0, 0.1) is 6.92 Å². The first kappa shape index (κ1) is 16.0. The SMILES string of the molecule is CC(=O)c1ccc(NS(=O)(=O)c2ccc(-c3cc(C)no3)o2)cc1. The molecule has 124 valence electrons. The molecule has 3 aromatic rings. The van der Waals surface area contributed by atoms with E-state index >= 15 is 0 Å². The number of anilines is 1. The summed E-state index contributed by atoms with van der Waals surface area (Å²) in [7, 11) is -3.89. The maximum atomic E-state index is 12.4. The molecule has 0 fully saturated rings. The third-order valence-electron chi connectivity index (χ3n) is 3.26. The fourth-order valence-corrected chi connectivity index (χ4v) is 3.05. The number of ketones is 1. The van der Waals surface area contributed by atoms with Crippen LogP contribution < -0.4 is 4.72 Å². The van der Waals surface area contributed by atoms with Gasteiger partial charge in [0.1, 0.15) is 0 Å². The first-order chi connectivity index (χ1) is 11.3. The van der Waals surface area contributed by atoms with Crippen LogP contribution in [0.3, 0.4) is 0 Å². The van der Waals surface area contributed by atoms with Crippen LogP contribution in [0.2, 0.25) is 0 Å². The van der Waals surface area contributed by atoms with Gasteiger partial charge in [-0.2, -0.15) is 8.42 Å². The molecular weight excluding hydrogens is 332 g/mol. The summed E-state index contributed by atoms with van der Waals surface area (Å²) in [4.78, 5) is 11.2. The first-order valence-corrected chi connectivity index (χ1v) is 8.51. The van der Waals surface area contributed by atoms with Crippen molar-refractivity contribution in [2.24, 2.45) is 0 Å². The molecule has 0 aliphatic carbocycles. The number of hydrogen-bond donors (Lipinski definition) is 1. The molecule has 0 saturated heterocycles. The van der Waals surface area contributed by atoms with Gasteiger partial charge in [0.25, 0.3) is 10.0 Å². The van der Waals surface area contributed by atoms with Crippen molar-refractivity contribution in [1.82, 2.24) is 5.16 Å². The molecule has 1 aromatic carbocycles. The highest BCUT2D eigenvalue weighted by molar-refractivity contribution is 7.92. The number of aryl methyl sites for hydroxylation is 1. The number of benzene rings is 1. The van der Waals surface area contributed by atoms with E-state index in [0.29, 0.717) is 22.7 Å². The topological polar surface area (TPSA) is 102 Å². The zero-order valence-electron chi connectivity index (χ0n) is 12.9. The number of rotatable bonds is 5. The molecule has 2 aromatic heterocycles. The summed E-state index contributed by atoms with van der Waals surface area (Å²) in [6, 6.07) is 10.6. The van der Waals surface area contributed by atoms with Gasteiger partial charge in [-0.15, -0.1) is 0 Å². The maximum absolute atomic E-state index is 12.4. The molecule has 24 heavy (non-hydrogen) atoms. The standard InChI is InChI=1S/C16H14N2O5S/c1-10-9-15(23-17-10)14-7-8-16(22-14)24(20,21)18-13-5-3-12(4-6-13)11(2)19/h3-9,18H,1-2H3. The van der Waals surface area contributed by atoms with Crippen LogP contribution in [0.15, 0.2) is 56.5 Å². The number of hydrogen-bond acceptors (Lipinski definition) is 6. The lowest BCUT2D eigenvalue weighted by Crippen LogP contribution is -2.12. The van der Waals surface area contributed by atoms with Crippen LogP contribution >= 0.6 is 0 Å². The molecule has 0 spiro atoms. The van der Waals surface area contributed by atoms with E-state index < -0.39 is 10.0 Å². The van der Waals surface area contributed by atoms with E-state index in [9.17, 15) is 13.2 Å². The van der Waals surface area contributed by atoms with E-state index in [1.165, 1.54) is 31.2 Å². The van der Waals surface area contributed by atoms with Crippen molar-refractivity contribution in [3.05, 3.63) is 53.7 Å². The maximum Gasteiger partial charge on any atom is 0.295 e. The lowest BCUT2D eigenvalue weighted by atomic mass is 10.1. The molecule has 0 amide bonds. The van der Waals surface area contributed by atoms with Crippen molar-refractivity contribution in [3.8, 4) is 11.5 Å². The Hall–Kier alpha value is -2.87. The van der Waals surface area contributed by atoms with Crippen LogP contribution in [0.25, 0.3) is 11.5 Å². The number of carbonyl (C=O) groups is 1. The highest BCUT2D eigenvalue weighted by atomic mass is 32.2. The largest absolute Gasteiger partial charge is 0.439 e. The first-order valence-electron chi connectivity index (χ1n) is 7.02. The molecule has 0 aliphatic heterocycles. The lowest BCUT2D eigenvalue weighted by Gasteiger charge is -2.06. The van der Waals surface area contributed by atoms with E-state index in [1.807, 2.05) is 0 Å². The molecule has 0 aliphatic rings. The third-order valence-corrected chi connectivity index (χ3v) is 4.51. The molecule has 3 rings (SSSR count). The quantitative estimate of drug-likeness (QED) is 0.711. The minimum atomic E-state index is -3.89. The summed E-state index contributed by atoms with van der Waals surface area (Å²) >= 11 is 0. The van der Waals surface area contributed by atoms with E-state index in [2.05, 4.69) is 9.88 Å². The van der Waals surface area contributed by atoms with Crippen molar-refractivity contribution in [2.45, 2.75) is 18.9 Å². The van der Waals surface area contributed by atoms with Crippen molar-refractivity contribution in [3.63, 3.8) is 0 Å². The fraction of sp³-hybridized carbons (Fsp3) is 0.125. The lowest BCUT2D eigenvalue weighted by molar-refractivity contribution is 0.101. The Morgan fingerprint density at radius 2 is 1.79 bits per heavy atom. The van der Waals surface area contributed by atoms with E-state index in [4.69, 9.17) is 8.94 Å². The van der Waals surface area contributed by atoms with Crippen molar-refractivity contribution in [2.75, 3.05) is 4.72 Å². The molecule has 8 heteroatoms. The minimum absolute atomic E-state index is 0.0950. The second-order valence-corrected chi connectivity index (χ2v) is 6.80. The van der Waals surface area contributed by atoms with Gasteiger partial charge in [-0.25, -0.2) is 0 Å². The molecule has 0 unspecified atom stereocenters. The number of sulfonamides is 1. The third kappa shape index (κ3) is 3.23. The van der Waals surface area contributed by atoms with Crippen LogP contribution in [-0.4, -0.2) is 19.4 Å². The molecule has 0 bridgehead atoms. The Kier molecular flexibility index (Phi) is 3.98. The number of carbonyl (C=O) groups excluding carboxylic acids is 1. The van der Waals surface area contributed by atoms with Crippen molar-refractivity contribution in [1.29, 1.82) is 0 Å². The smallest absolute Gasteiger partial charge is 0.295 e. The van der Waals surface area contributed by atoms with Gasteiger partial charge in [0.2, 0.25) is 10.9 Å². The van der Waals surface area contributed by atoms with Crippen molar-refractivity contribution >= 4 is 21.5 Å². The Labute approximate surface area is 138 Å². The normalized spacial score (nSPS) is 11.4. The summed E-state index contributed by atoms with van der Waals surface area (Å²) in [5.74, 6) is 0.519. The molecule has 0 saturated carbocycles. The predicted octanol–water partition coefficient (Wildman–Crippen LogP) is 3.25. The van der Waals surface area contributed by atoms with Gasteiger partial charge in [-0.1, -0.05) is 5.16 Å². The molecular formula is C16H14N2O5S. The minimum Gasteiger partial charge on any atom is -0.439 e. The second-order valence-electron chi connectivity index (χ2n) is 5.19. The highest BCUT2D eigenvalue weighted by Gasteiger charge is 2.21. The van der Waals surface area contributed by atoms with Crippen LogP contribution in [0.4, 0.5) is 5.69 Å². The number of furan rings is 1. The van der Waals surface area contributed by atoms with E-state index in [1.54, 1.807) is 25.1 Å². The Bertz CT molecular complexity index is 984. The average Bonchev–Trinajstić information content (AvgIpc) is 3.16. The summed E-state index contributed by atoms with van der Waals surface area (Å²) in [5.41, 5.74) is 1.49. The van der Waals surface area contributed by atoms with Gasteiger partial charge in [0.05, 0.1) is 5.69 Å². The molecule has 0 radical (unpaired) electrons. The zero-order valence-corrected chi connectivity index (χ0v) is 13.8. The summed E-state index contributed by atoms with van der Waals surface area (Å²) in [6.07, 6.45) is 0.